The SMILES string of the molecule is C=C(C)CCC(NN)c1cncnc1. The third-order valence-electron chi connectivity index (χ3n) is 2.04. The third kappa shape index (κ3) is 3.24. The van der Waals surface area contributed by atoms with Gasteiger partial charge in [0.2, 0.25) is 0 Å². The van der Waals surface area contributed by atoms with E-state index < -0.39 is 0 Å². The van der Waals surface area contributed by atoms with Gasteiger partial charge in [0, 0.05) is 24.0 Å². The van der Waals surface area contributed by atoms with Crippen LogP contribution in [-0.4, -0.2) is 9.97 Å². The van der Waals surface area contributed by atoms with Crippen molar-refractivity contribution in [1.82, 2.24) is 15.4 Å². The zero-order valence-corrected chi connectivity index (χ0v) is 8.40. The summed E-state index contributed by atoms with van der Waals surface area (Å²) < 4.78 is 0. The molecule has 0 aliphatic carbocycles. The van der Waals surface area contributed by atoms with Crippen LogP contribution in [0.25, 0.3) is 0 Å². The molecule has 1 aromatic heterocycles. The van der Waals surface area contributed by atoms with Crippen molar-refractivity contribution in [3.8, 4) is 0 Å². The first kappa shape index (κ1) is 10.8. The van der Waals surface area contributed by atoms with Gasteiger partial charge in [0.05, 0.1) is 0 Å². The predicted molar refractivity (Wildman–Crippen MR) is 56.1 cm³/mol. The Hall–Kier alpha value is -1.26. The van der Waals surface area contributed by atoms with Gasteiger partial charge >= 0.3 is 0 Å². The van der Waals surface area contributed by atoms with Crippen molar-refractivity contribution >= 4 is 0 Å². The molecule has 0 amide bonds. The summed E-state index contributed by atoms with van der Waals surface area (Å²) in [7, 11) is 0. The summed E-state index contributed by atoms with van der Waals surface area (Å²) in [5.41, 5.74) is 4.92. The van der Waals surface area contributed by atoms with Gasteiger partial charge in [-0.25, -0.2) is 9.97 Å². The number of hydrogen-bond donors (Lipinski definition) is 2. The van der Waals surface area contributed by atoms with Gasteiger partial charge in [-0.3, -0.25) is 11.3 Å². The Bertz CT molecular complexity index is 283. The largest absolute Gasteiger partial charge is 0.271 e. The maximum absolute atomic E-state index is 5.46. The summed E-state index contributed by atoms with van der Waals surface area (Å²) in [5, 5.41) is 0. The number of aromatic nitrogens is 2. The van der Waals surface area contributed by atoms with Gasteiger partial charge in [-0.1, -0.05) is 5.57 Å². The number of allylic oxidation sites excluding steroid dienone is 1. The van der Waals surface area contributed by atoms with E-state index in [0.717, 1.165) is 24.0 Å². The molecule has 0 aliphatic heterocycles. The zero-order valence-electron chi connectivity index (χ0n) is 8.40. The number of hydrogen-bond acceptors (Lipinski definition) is 4. The van der Waals surface area contributed by atoms with E-state index in [2.05, 4.69) is 22.0 Å². The van der Waals surface area contributed by atoms with E-state index in [4.69, 9.17) is 5.84 Å². The normalized spacial score (nSPS) is 12.4. The second kappa shape index (κ2) is 5.47. The Morgan fingerprint density at radius 2 is 2.21 bits per heavy atom. The molecule has 1 aromatic rings. The fourth-order valence-electron chi connectivity index (χ4n) is 1.23. The number of nitrogens with two attached hydrogens (primary N) is 1. The first-order chi connectivity index (χ1) is 6.74. The Morgan fingerprint density at radius 1 is 1.57 bits per heavy atom. The summed E-state index contributed by atoms with van der Waals surface area (Å²) in [6.07, 6.45) is 6.92. The minimum atomic E-state index is 0.105. The van der Waals surface area contributed by atoms with Crippen molar-refractivity contribution in [3.63, 3.8) is 0 Å². The summed E-state index contributed by atoms with van der Waals surface area (Å²) >= 11 is 0. The molecule has 0 saturated heterocycles. The van der Waals surface area contributed by atoms with Crippen LogP contribution in [0.3, 0.4) is 0 Å². The maximum atomic E-state index is 5.46. The molecule has 1 atom stereocenters. The van der Waals surface area contributed by atoms with E-state index in [1.165, 1.54) is 6.33 Å². The maximum Gasteiger partial charge on any atom is 0.115 e. The number of rotatable bonds is 5. The average molecular weight is 192 g/mol. The molecular formula is C10H16N4. The summed E-state index contributed by atoms with van der Waals surface area (Å²) in [6, 6.07) is 0.105. The second-order valence-electron chi connectivity index (χ2n) is 3.39. The molecule has 4 nitrogen and oxygen atoms in total. The highest BCUT2D eigenvalue weighted by Gasteiger charge is 2.09. The van der Waals surface area contributed by atoms with E-state index in [1.807, 2.05) is 6.92 Å². The van der Waals surface area contributed by atoms with Gasteiger partial charge in [-0.15, -0.1) is 6.58 Å². The minimum absolute atomic E-state index is 0.105. The summed E-state index contributed by atoms with van der Waals surface area (Å²) in [5.74, 6) is 5.46. The summed E-state index contributed by atoms with van der Waals surface area (Å²) in [4.78, 5) is 7.90. The minimum Gasteiger partial charge on any atom is -0.271 e. The highest BCUT2D eigenvalue weighted by Crippen LogP contribution is 2.17. The average Bonchev–Trinajstić information content (AvgIpc) is 2.20. The van der Waals surface area contributed by atoms with Crippen LogP contribution in [0, 0.1) is 0 Å². The molecule has 1 rings (SSSR count). The van der Waals surface area contributed by atoms with Crippen LogP contribution in [0.2, 0.25) is 0 Å². The van der Waals surface area contributed by atoms with E-state index >= 15 is 0 Å². The topological polar surface area (TPSA) is 63.8 Å². The Labute approximate surface area is 84.2 Å². The van der Waals surface area contributed by atoms with Crippen molar-refractivity contribution in [2.75, 3.05) is 0 Å². The highest BCUT2D eigenvalue weighted by atomic mass is 15.2. The van der Waals surface area contributed by atoms with Crippen molar-refractivity contribution in [2.45, 2.75) is 25.8 Å². The molecule has 0 radical (unpaired) electrons. The number of nitrogens with one attached hydrogen (secondary N) is 1. The monoisotopic (exact) mass is 192 g/mol. The Balaban J connectivity index is 2.58. The smallest absolute Gasteiger partial charge is 0.115 e. The lowest BCUT2D eigenvalue weighted by Gasteiger charge is -2.14. The molecule has 0 bridgehead atoms. The van der Waals surface area contributed by atoms with E-state index in [-0.39, 0.29) is 6.04 Å². The summed E-state index contributed by atoms with van der Waals surface area (Å²) in [6.45, 7) is 5.86. The lowest BCUT2D eigenvalue weighted by Crippen LogP contribution is -2.28. The number of hydrazine groups is 1. The second-order valence-corrected chi connectivity index (χ2v) is 3.39. The zero-order chi connectivity index (χ0) is 10.4. The van der Waals surface area contributed by atoms with Crippen LogP contribution in [0.15, 0.2) is 30.9 Å². The Morgan fingerprint density at radius 3 is 2.71 bits per heavy atom. The molecule has 0 aliphatic rings. The van der Waals surface area contributed by atoms with Crippen LogP contribution in [-0.2, 0) is 0 Å². The van der Waals surface area contributed by atoms with E-state index in [9.17, 15) is 0 Å². The van der Waals surface area contributed by atoms with E-state index in [0.29, 0.717) is 0 Å². The quantitative estimate of drug-likeness (QED) is 0.420. The Kier molecular flexibility index (Phi) is 4.22. The predicted octanol–water partition coefficient (Wildman–Crippen LogP) is 1.34. The lowest BCUT2D eigenvalue weighted by molar-refractivity contribution is 0.512. The van der Waals surface area contributed by atoms with Gasteiger partial charge in [0.15, 0.2) is 0 Å². The molecule has 1 unspecified atom stereocenters. The molecular weight excluding hydrogens is 176 g/mol. The molecule has 0 aromatic carbocycles. The molecule has 1 heterocycles. The molecule has 4 heteroatoms. The highest BCUT2D eigenvalue weighted by molar-refractivity contribution is 5.09. The molecule has 14 heavy (non-hydrogen) atoms. The molecule has 0 saturated carbocycles. The molecule has 0 fully saturated rings. The molecule has 3 N–H and O–H groups in total. The van der Waals surface area contributed by atoms with Crippen molar-refractivity contribution in [1.29, 1.82) is 0 Å². The van der Waals surface area contributed by atoms with Crippen molar-refractivity contribution in [3.05, 3.63) is 36.4 Å². The van der Waals surface area contributed by atoms with Gasteiger partial charge in [0.1, 0.15) is 6.33 Å². The fourth-order valence-corrected chi connectivity index (χ4v) is 1.23. The van der Waals surface area contributed by atoms with Crippen molar-refractivity contribution in [2.24, 2.45) is 5.84 Å². The van der Waals surface area contributed by atoms with Crippen LogP contribution in [0.5, 0.6) is 0 Å². The molecule has 0 spiro atoms. The van der Waals surface area contributed by atoms with Gasteiger partial charge in [-0.2, -0.15) is 0 Å². The first-order valence-electron chi connectivity index (χ1n) is 4.59. The standard InChI is InChI=1S/C10H16N4/c1-8(2)3-4-10(14-11)9-5-12-7-13-6-9/h5-7,10,14H,1,3-4,11H2,2H3. The van der Waals surface area contributed by atoms with Crippen LogP contribution in [0.1, 0.15) is 31.4 Å². The fraction of sp³-hybridized carbons (Fsp3) is 0.400. The first-order valence-corrected chi connectivity index (χ1v) is 4.59. The van der Waals surface area contributed by atoms with Crippen LogP contribution >= 0.6 is 0 Å². The lowest BCUT2D eigenvalue weighted by atomic mass is 10.0. The number of nitrogens with zero attached hydrogens (tertiary/aromatic N) is 2. The van der Waals surface area contributed by atoms with Gasteiger partial charge < -0.3 is 0 Å². The third-order valence-corrected chi connectivity index (χ3v) is 2.04. The molecule has 76 valence electrons. The van der Waals surface area contributed by atoms with Crippen LogP contribution in [0.4, 0.5) is 0 Å². The van der Waals surface area contributed by atoms with E-state index in [1.54, 1.807) is 12.4 Å². The van der Waals surface area contributed by atoms with Crippen molar-refractivity contribution < 1.29 is 0 Å². The van der Waals surface area contributed by atoms with Gasteiger partial charge in [-0.05, 0) is 19.8 Å². The van der Waals surface area contributed by atoms with Gasteiger partial charge in [0.25, 0.3) is 0 Å². The van der Waals surface area contributed by atoms with Crippen LogP contribution < -0.4 is 11.3 Å².